The molecule has 0 bridgehead atoms. The van der Waals surface area contributed by atoms with Crippen LogP contribution in [0.5, 0.6) is 0 Å². The molecular formula is C21H22F3N3O2. The predicted octanol–water partition coefficient (Wildman–Crippen LogP) is 3.02. The number of alkyl halides is 3. The molecule has 0 spiro atoms. The molecule has 0 saturated carbocycles. The van der Waals surface area contributed by atoms with E-state index in [2.05, 4.69) is 10.2 Å². The molecule has 154 valence electrons. The number of carbonyl (C=O) groups excluding carboxylic acids is 2. The molecule has 1 fully saturated rings. The van der Waals surface area contributed by atoms with Gasteiger partial charge in [0.1, 0.15) is 0 Å². The zero-order valence-corrected chi connectivity index (χ0v) is 16.0. The van der Waals surface area contributed by atoms with Crippen LogP contribution in [0.1, 0.15) is 31.8 Å². The van der Waals surface area contributed by atoms with Gasteiger partial charge >= 0.3 is 6.18 Å². The maximum Gasteiger partial charge on any atom is 0.417 e. The molecule has 0 aliphatic carbocycles. The number of nitrogens with one attached hydrogen (secondary N) is 1. The van der Waals surface area contributed by atoms with Gasteiger partial charge in [0.25, 0.3) is 11.8 Å². The summed E-state index contributed by atoms with van der Waals surface area (Å²) in [7, 11) is 1.57. The second-order valence-corrected chi connectivity index (χ2v) is 6.89. The molecule has 1 aliphatic heterocycles. The van der Waals surface area contributed by atoms with E-state index in [1.165, 1.54) is 23.1 Å². The fourth-order valence-corrected chi connectivity index (χ4v) is 3.36. The SMILES string of the molecule is CNC(=O)c1ccc(CN2CCN(C(=O)c3ccccc3C(F)(F)F)CC2)cc1. The van der Waals surface area contributed by atoms with Crippen LogP contribution in [0.15, 0.2) is 48.5 Å². The third kappa shape index (κ3) is 4.95. The maximum absolute atomic E-state index is 13.2. The molecular weight excluding hydrogens is 383 g/mol. The molecule has 0 aromatic heterocycles. The van der Waals surface area contributed by atoms with Crippen LogP contribution < -0.4 is 5.32 Å². The Morgan fingerprint density at radius 3 is 2.17 bits per heavy atom. The van der Waals surface area contributed by atoms with E-state index in [0.29, 0.717) is 38.3 Å². The van der Waals surface area contributed by atoms with Crippen LogP contribution in [0.25, 0.3) is 0 Å². The van der Waals surface area contributed by atoms with E-state index < -0.39 is 17.6 Å². The first-order valence-corrected chi connectivity index (χ1v) is 9.28. The lowest BCUT2D eigenvalue weighted by Crippen LogP contribution is -2.48. The van der Waals surface area contributed by atoms with Crippen molar-refractivity contribution in [3.63, 3.8) is 0 Å². The molecule has 8 heteroatoms. The fourth-order valence-electron chi connectivity index (χ4n) is 3.36. The number of amides is 2. The second kappa shape index (κ2) is 8.65. The maximum atomic E-state index is 13.2. The summed E-state index contributed by atoms with van der Waals surface area (Å²) in [5.41, 5.74) is 0.400. The third-order valence-electron chi connectivity index (χ3n) is 4.97. The highest BCUT2D eigenvalue weighted by Crippen LogP contribution is 2.32. The highest BCUT2D eigenvalue weighted by atomic mass is 19.4. The Morgan fingerprint density at radius 1 is 0.966 bits per heavy atom. The van der Waals surface area contributed by atoms with Gasteiger partial charge in [0.05, 0.1) is 11.1 Å². The zero-order chi connectivity index (χ0) is 21.0. The normalized spacial score (nSPS) is 15.2. The van der Waals surface area contributed by atoms with Crippen LogP contribution >= 0.6 is 0 Å². The minimum absolute atomic E-state index is 0.150. The number of nitrogens with zero attached hydrogens (tertiary/aromatic N) is 2. The quantitative estimate of drug-likeness (QED) is 0.851. The number of hydrogen-bond acceptors (Lipinski definition) is 3. The van der Waals surface area contributed by atoms with E-state index in [0.717, 1.165) is 11.6 Å². The minimum atomic E-state index is -4.56. The van der Waals surface area contributed by atoms with Crippen LogP contribution in [-0.2, 0) is 12.7 Å². The van der Waals surface area contributed by atoms with E-state index in [1.54, 1.807) is 19.2 Å². The van der Waals surface area contributed by atoms with Gasteiger partial charge < -0.3 is 10.2 Å². The summed E-state index contributed by atoms with van der Waals surface area (Å²) in [5, 5.41) is 2.57. The average Bonchev–Trinajstić information content (AvgIpc) is 2.73. The Kier molecular flexibility index (Phi) is 6.22. The second-order valence-electron chi connectivity index (χ2n) is 6.89. The van der Waals surface area contributed by atoms with E-state index in [4.69, 9.17) is 0 Å². The van der Waals surface area contributed by atoms with Crippen LogP contribution in [0, 0.1) is 0 Å². The summed E-state index contributed by atoms with van der Waals surface area (Å²) in [6.07, 6.45) is -4.56. The molecule has 0 atom stereocenters. The molecule has 1 aliphatic rings. The Balaban J connectivity index is 1.60. The summed E-state index contributed by atoms with van der Waals surface area (Å²) >= 11 is 0. The summed E-state index contributed by atoms with van der Waals surface area (Å²) < 4.78 is 39.5. The van der Waals surface area contributed by atoms with E-state index in [9.17, 15) is 22.8 Å². The van der Waals surface area contributed by atoms with Gasteiger partial charge in [-0.15, -0.1) is 0 Å². The number of carbonyl (C=O) groups is 2. The van der Waals surface area contributed by atoms with Crippen molar-refractivity contribution in [2.75, 3.05) is 33.2 Å². The number of piperazine rings is 1. The molecule has 1 N–H and O–H groups in total. The molecule has 2 amide bonds. The summed E-state index contributed by atoms with van der Waals surface area (Å²) in [5.74, 6) is -0.740. The Hall–Kier alpha value is -2.87. The molecule has 1 saturated heterocycles. The first kappa shape index (κ1) is 20.9. The van der Waals surface area contributed by atoms with Gasteiger partial charge in [-0.1, -0.05) is 24.3 Å². The molecule has 29 heavy (non-hydrogen) atoms. The van der Waals surface area contributed by atoms with Crippen LogP contribution in [-0.4, -0.2) is 54.8 Å². The van der Waals surface area contributed by atoms with Crippen molar-refractivity contribution >= 4 is 11.8 Å². The van der Waals surface area contributed by atoms with Crippen molar-refractivity contribution in [3.05, 3.63) is 70.8 Å². The highest BCUT2D eigenvalue weighted by molar-refractivity contribution is 5.96. The van der Waals surface area contributed by atoms with Crippen molar-refractivity contribution in [3.8, 4) is 0 Å². The Labute approximate surface area is 167 Å². The lowest BCUT2D eigenvalue weighted by molar-refractivity contribution is -0.138. The first-order chi connectivity index (χ1) is 13.8. The van der Waals surface area contributed by atoms with Gasteiger partial charge in [-0.25, -0.2) is 0 Å². The topological polar surface area (TPSA) is 52.7 Å². The van der Waals surface area contributed by atoms with Crippen LogP contribution in [0.3, 0.4) is 0 Å². The van der Waals surface area contributed by atoms with Crippen molar-refractivity contribution in [2.45, 2.75) is 12.7 Å². The molecule has 2 aromatic carbocycles. The van der Waals surface area contributed by atoms with Gasteiger partial charge in [0.2, 0.25) is 0 Å². The fraction of sp³-hybridized carbons (Fsp3) is 0.333. The van der Waals surface area contributed by atoms with Gasteiger partial charge in [-0.3, -0.25) is 14.5 Å². The van der Waals surface area contributed by atoms with Crippen LogP contribution in [0.2, 0.25) is 0 Å². The monoisotopic (exact) mass is 405 g/mol. The molecule has 1 heterocycles. The summed E-state index contributed by atoms with van der Waals surface area (Å²) in [6.45, 7) is 2.51. The van der Waals surface area contributed by atoms with E-state index in [-0.39, 0.29) is 11.5 Å². The molecule has 0 unspecified atom stereocenters. The number of hydrogen-bond donors (Lipinski definition) is 1. The molecule has 2 aromatic rings. The third-order valence-corrected chi connectivity index (χ3v) is 4.97. The lowest BCUT2D eigenvalue weighted by Gasteiger charge is -2.35. The number of rotatable bonds is 4. The molecule has 0 radical (unpaired) electrons. The van der Waals surface area contributed by atoms with Crippen molar-refractivity contribution in [2.24, 2.45) is 0 Å². The summed E-state index contributed by atoms with van der Waals surface area (Å²) in [4.78, 5) is 27.8. The average molecular weight is 405 g/mol. The predicted molar refractivity (Wildman–Crippen MR) is 102 cm³/mol. The number of benzene rings is 2. The van der Waals surface area contributed by atoms with Crippen molar-refractivity contribution in [1.82, 2.24) is 15.1 Å². The largest absolute Gasteiger partial charge is 0.417 e. The van der Waals surface area contributed by atoms with Gasteiger partial charge in [0, 0.05) is 45.3 Å². The van der Waals surface area contributed by atoms with Crippen LogP contribution in [0.4, 0.5) is 13.2 Å². The molecule has 3 rings (SSSR count). The van der Waals surface area contributed by atoms with Crippen molar-refractivity contribution in [1.29, 1.82) is 0 Å². The lowest BCUT2D eigenvalue weighted by atomic mass is 10.1. The van der Waals surface area contributed by atoms with Gasteiger partial charge in [0.15, 0.2) is 0 Å². The van der Waals surface area contributed by atoms with E-state index >= 15 is 0 Å². The standard InChI is InChI=1S/C21H22F3N3O2/c1-25-19(28)16-8-6-15(7-9-16)14-26-10-12-27(13-11-26)20(29)17-4-2-3-5-18(17)21(22,23)24/h2-9H,10-14H2,1H3,(H,25,28). The first-order valence-electron chi connectivity index (χ1n) is 9.28. The van der Waals surface area contributed by atoms with Crippen molar-refractivity contribution < 1.29 is 22.8 Å². The molecule has 5 nitrogen and oxygen atoms in total. The smallest absolute Gasteiger partial charge is 0.355 e. The highest BCUT2D eigenvalue weighted by Gasteiger charge is 2.36. The zero-order valence-electron chi connectivity index (χ0n) is 16.0. The Morgan fingerprint density at radius 2 is 1.59 bits per heavy atom. The Bertz CT molecular complexity index is 873. The summed E-state index contributed by atoms with van der Waals surface area (Å²) in [6, 6.07) is 12.2. The van der Waals surface area contributed by atoms with E-state index in [1.807, 2.05) is 12.1 Å². The van der Waals surface area contributed by atoms with Gasteiger partial charge in [-0.05, 0) is 29.8 Å². The van der Waals surface area contributed by atoms with Gasteiger partial charge in [-0.2, -0.15) is 13.2 Å². The minimum Gasteiger partial charge on any atom is -0.355 e. The number of halogens is 3.